The summed E-state index contributed by atoms with van der Waals surface area (Å²) in [5, 5.41) is 10.7. The Morgan fingerprint density at radius 1 is 0.952 bits per heavy atom. The predicted octanol–water partition coefficient (Wildman–Crippen LogP) is 4.95. The summed E-state index contributed by atoms with van der Waals surface area (Å²) < 4.78 is 0. The lowest BCUT2D eigenvalue weighted by atomic mass is 9.94. The summed E-state index contributed by atoms with van der Waals surface area (Å²) in [4.78, 5) is 3.36. The van der Waals surface area contributed by atoms with E-state index in [9.17, 15) is 5.26 Å². The smallest absolute Gasteiger partial charge is 0.111 e. The minimum atomic E-state index is -0.251. The minimum Gasteiger partial charge on any atom is -0.357 e. The molecule has 2 nitrogen and oxygen atoms in total. The zero-order valence-electron chi connectivity index (χ0n) is 12.3. The molecule has 1 N–H and O–H groups in total. The van der Waals surface area contributed by atoms with Crippen LogP contribution in [0.3, 0.4) is 0 Å². The molecule has 1 aromatic heterocycles. The number of nitrogens with zero attached hydrogens (tertiary/aromatic N) is 1. The van der Waals surface area contributed by atoms with Crippen LogP contribution in [0.5, 0.6) is 0 Å². The average molecular weight is 274 g/mol. The molecule has 0 radical (unpaired) electrons. The molecule has 21 heavy (non-hydrogen) atoms. The molecule has 0 spiro atoms. The lowest BCUT2D eigenvalue weighted by Crippen LogP contribution is -1.99. The van der Waals surface area contributed by atoms with Gasteiger partial charge in [-0.3, -0.25) is 0 Å². The molecule has 1 heterocycles. The first-order chi connectivity index (χ1) is 10.2. The number of para-hydroxylation sites is 1. The number of nitriles is 1. The van der Waals surface area contributed by atoms with Gasteiger partial charge in [0.15, 0.2) is 0 Å². The predicted molar refractivity (Wildman–Crippen MR) is 86.3 cm³/mol. The monoisotopic (exact) mass is 274 g/mol. The van der Waals surface area contributed by atoms with Gasteiger partial charge < -0.3 is 4.98 Å². The third-order valence-corrected chi connectivity index (χ3v) is 3.93. The number of hydrogen-bond acceptors (Lipinski definition) is 1. The largest absolute Gasteiger partial charge is 0.357 e. The van der Waals surface area contributed by atoms with E-state index in [0.29, 0.717) is 5.92 Å². The van der Waals surface area contributed by atoms with Gasteiger partial charge in [-0.2, -0.15) is 5.26 Å². The molecule has 0 bridgehead atoms. The standard InChI is InChI=1S/C19H18N2/c1-13(2)14-7-9-15(10-8-14)17(12-20)19-11-16-5-3-4-6-18(16)21-19/h3-11,13,17,21H,1-2H3. The highest BCUT2D eigenvalue weighted by Gasteiger charge is 2.16. The molecule has 0 amide bonds. The molecule has 3 rings (SSSR count). The van der Waals surface area contributed by atoms with E-state index in [1.54, 1.807) is 0 Å². The molecule has 0 fully saturated rings. The average Bonchev–Trinajstić information content (AvgIpc) is 2.92. The quantitative estimate of drug-likeness (QED) is 0.721. The lowest BCUT2D eigenvalue weighted by molar-refractivity contribution is 0.863. The number of aromatic nitrogens is 1. The van der Waals surface area contributed by atoms with Gasteiger partial charge in [0.2, 0.25) is 0 Å². The van der Waals surface area contributed by atoms with Crippen molar-refractivity contribution in [3.05, 3.63) is 71.4 Å². The second-order valence-corrected chi connectivity index (χ2v) is 5.70. The SMILES string of the molecule is CC(C)c1ccc(C(C#N)c2cc3ccccc3[nH]2)cc1. The first-order valence-corrected chi connectivity index (χ1v) is 7.26. The molecular formula is C19H18N2. The second kappa shape index (κ2) is 5.46. The lowest BCUT2D eigenvalue weighted by Gasteiger charge is -2.10. The molecule has 104 valence electrons. The van der Waals surface area contributed by atoms with E-state index in [2.05, 4.69) is 61.3 Å². The van der Waals surface area contributed by atoms with Crippen LogP contribution < -0.4 is 0 Å². The van der Waals surface area contributed by atoms with Gasteiger partial charge in [0.25, 0.3) is 0 Å². The molecule has 0 aliphatic carbocycles. The highest BCUT2D eigenvalue weighted by molar-refractivity contribution is 5.80. The van der Waals surface area contributed by atoms with E-state index >= 15 is 0 Å². The van der Waals surface area contributed by atoms with Crippen LogP contribution in [-0.4, -0.2) is 4.98 Å². The summed E-state index contributed by atoms with van der Waals surface area (Å²) in [7, 11) is 0. The Morgan fingerprint density at radius 3 is 2.24 bits per heavy atom. The molecular weight excluding hydrogens is 256 g/mol. The number of H-pyrrole nitrogens is 1. The van der Waals surface area contributed by atoms with Gasteiger partial charge in [-0.1, -0.05) is 56.3 Å². The molecule has 0 saturated carbocycles. The van der Waals surface area contributed by atoms with E-state index < -0.39 is 0 Å². The zero-order valence-corrected chi connectivity index (χ0v) is 12.3. The van der Waals surface area contributed by atoms with Crippen molar-refractivity contribution >= 4 is 10.9 Å². The van der Waals surface area contributed by atoms with Gasteiger partial charge >= 0.3 is 0 Å². The topological polar surface area (TPSA) is 39.6 Å². The maximum absolute atomic E-state index is 9.57. The number of rotatable bonds is 3. The Bertz CT molecular complexity index is 755. The Balaban J connectivity index is 1.99. The normalized spacial score (nSPS) is 12.5. The Morgan fingerprint density at radius 2 is 1.62 bits per heavy atom. The molecule has 0 aliphatic rings. The summed E-state index contributed by atoms with van der Waals surface area (Å²) >= 11 is 0. The first-order valence-electron chi connectivity index (χ1n) is 7.26. The van der Waals surface area contributed by atoms with Crippen molar-refractivity contribution in [1.29, 1.82) is 5.26 Å². The molecule has 0 aliphatic heterocycles. The van der Waals surface area contributed by atoms with E-state index in [1.165, 1.54) is 5.56 Å². The van der Waals surface area contributed by atoms with E-state index in [4.69, 9.17) is 0 Å². The number of nitrogens with one attached hydrogen (secondary N) is 1. The summed E-state index contributed by atoms with van der Waals surface area (Å²) in [5.41, 5.74) is 4.36. The summed E-state index contributed by atoms with van der Waals surface area (Å²) in [6.45, 7) is 4.35. The molecule has 1 unspecified atom stereocenters. The van der Waals surface area contributed by atoms with Crippen LogP contribution in [0.15, 0.2) is 54.6 Å². The Kier molecular flexibility index (Phi) is 3.50. The molecule has 3 aromatic rings. The fourth-order valence-electron chi connectivity index (χ4n) is 2.65. The van der Waals surface area contributed by atoms with Crippen molar-refractivity contribution in [1.82, 2.24) is 4.98 Å². The van der Waals surface area contributed by atoms with Crippen molar-refractivity contribution in [2.45, 2.75) is 25.7 Å². The van der Waals surface area contributed by atoms with Crippen LogP contribution in [0.2, 0.25) is 0 Å². The Hall–Kier alpha value is -2.53. The van der Waals surface area contributed by atoms with Crippen LogP contribution in [0.25, 0.3) is 10.9 Å². The van der Waals surface area contributed by atoms with Gasteiger partial charge in [0, 0.05) is 11.2 Å². The summed E-state index contributed by atoms with van der Waals surface area (Å²) in [5.74, 6) is 0.256. The first kappa shape index (κ1) is 13.5. The zero-order chi connectivity index (χ0) is 14.8. The number of aromatic amines is 1. The van der Waals surface area contributed by atoms with Gasteiger partial charge in [-0.15, -0.1) is 0 Å². The van der Waals surface area contributed by atoms with Crippen molar-refractivity contribution in [2.24, 2.45) is 0 Å². The van der Waals surface area contributed by atoms with Crippen LogP contribution in [0, 0.1) is 11.3 Å². The highest BCUT2D eigenvalue weighted by Crippen LogP contribution is 2.27. The van der Waals surface area contributed by atoms with Crippen LogP contribution >= 0.6 is 0 Å². The number of benzene rings is 2. The minimum absolute atomic E-state index is 0.251. The van der Waals surface area contributed by atoms with Gasteiger partial charge in [-0.05, 0) is 34.6 Å². The molecule has 2 aromatic carbocycles. The second-order valence-electron chi connectivity index (χ2n) is 5.70. The third kappa shape index (κ3) is 2.55. The van der Waals surface area contributed by atoms with Crippen LogP contribution in [0.1, 0.15) is 42.5 Å². The van der Waals surface area contributed by atoms with Crippen LogP contribution in [-0.2, 0) is 0 Å². The molecule has 2 heteroatoms. The van der Waals surface area contributed by atoms with Crippen molar-refractivity contribution in [2.75, 3.05) is 0 Å². The maximum Gasteiger partial charge on any atom is 0.111 e. The number of hydrogen-bond donors (Lipinski definition) is 1. The van der Waals surface area contributed by atoms with Crippen molar-refractivity contribution < 1.29 is 0 Å². The van der Waals surface area contributed by atoms with Gasteiger partial charge in [0.1, 0.15) is 5.92 Å². The van der Waals surface area contributed by atoms with Gasteiger partial charge in [0.05, 0.1) is 6.07 Å². The molecule has 1 atom stereocenters. The third-order valence-electron chi connectivity index (χ3n) is 3.93. The summed E-state index contributed by atoms with van der Waals surface area (Å²) in [6.07, 6.45) is 0. The highest BCUT2D eigenvalue weighted by atomic mass is 14.7. The summed E-state index contributed by atoms with van der Waals surface area (Å²) in [6, 6.07) is 21.0. The van der Waals surface area contributed by atoms with Crippen LogP contribution in [0.4, 0.5) is 0 Å². The van der Waals surface area contributed by atoms with Crippen molar-refractivity contribution in [3.63, 3.8) is 0 Å². The maximum atomic E-state index is 9.57. The van der Waals surface area contributed by atoms with E-state index in [0.717, 1.165) is 22.2 Å². The van der Waals surface area contributed by atoms with Crippen molar-refractivity contribution in [3.8, 4) is 6.07 Å². The van der Waals surface area contributed by atoms with Gasteiger partial charge in [-0.25, -0.2) is 0 Å². The molecule has 0 saturated heterocycles. The number of fused-ring (bicyclic) bond motifs is 1. The van der Waals surface area contributed by atoms with E-state index in [1.807, 2.05) is 18.2 Å². The Labute approximate surface area is 125 Å². The fourth-order valence-corrected chi connectivity index (χ4v) is 2.65. The fraction of sp³-hybridized carbons (Fsp3) is 0.211. The van der Waals surface area contributed by atoms with E-state index in [-0.39, 0.29) is 5.92 Å².